The number of hydrogen-bond donors (Lipinski definition) is 1. The fourth-order valence-electron chi connectivity index (χ4n) is 4.03. The SMILES string of the molecule is Cc1nc(NC(C)c2cccc(-c3ccnn3C)c2)cc(-c2ccc3occ(C)c3c2)n1. The van der Waals surface area contributed by atoms with Crippen molar-refractivity contribution in [3.63, 3.8) is 0 Å². The Labute approximate surface area is 186 Å². The molecule has 0 radical (unpaired) electrons. The van der Waals surface area contributed by atoms with Crippen LogP contribution in [-0.4, -0.2) is 19.7 Å². The Balaban J connectivity index is 1.44. The molecule has 0 saturated heterocycles. The van der Waals surface area contributed by atoms with Gasteiger partial charge in [-0.25, -0.2) is 9.97 Å². The van der Waals surface area contributed by atoms with E-state index in [4.69, 9.17) is 4.42 Å². The van der Waals surface area contributed by atoms with Crippen LogP contribution in [0.3, 0.4) is 0 Å². The van der Waals surface area contributed by atoms with Crippen LogP contribution in [0.1, 0.15) is 29.9 Å². The molecule has 5 aromatic rings. The second-order valence-corrected chi connectivity index (χ2v) is 8.15. The predicted octanol–water partition coefficient (Wildman–Crippen LogP) is 6.08. The lowest BCUT2D eigenvalue weighted by atomic mass is 10.0. The zero-order valence-corrected chi connectivity index (χ0v) is 18.6. The number of furan rings is 1. The monoisotopic (exact) mass is 423 g/mol. The van der Waals surface area contributed by atoms with E-state index in [1.165, 1.54) is 5.56 Å². The Bertz CT molecular complexity index is 1420. The van der Waals surface area contributed by atoms with E-state index in [1.54, 1.807) is 6.26 Å². The highest BCUT2D eigenvalue weighted by Crippen LogP contribution is 2.29. The van der Waals surface area contributed by atoms with Crippen molar-refractivity contribution >= 4 is 16.8 Å². The van der Waals surface area contributed by atoms with E-state index in [2.05, 4.69) is 64.6 Å². The lowest BCUT2D eigenvalue weighted by Crippen LogP contribution is -2.09. The van der Waals surface area contributed by atoms with Crippen LogP contribution in [0.2, 0.25) is 0 Å². The quantitative estimate of drug-likeness (QED) is 0.371. The maximum atomic E-state index is 5.58. The third kappa shape index (κ3) is 3.75. The highest BCUT2D eigenvalue weighted by molar-refractivity contribution is 5.85. The number of benzene rings is 2. The highest BCUT2D eigenvalue weighted by atomic mass is 16.3. The average molecular weight is 424 g/mol. The summed E-state index contributed by atoms with van der Waals surface area (Å²) < 4.78 is 7.47. The minimum absolute atomic E-state index is 0.0731. The number of aryl methyl sites for hydroxylation is 3. The molecule has 160 valence electrons. The summed E-state index contributed by atoms with van der Waals surface area (Å²) in [7, 11) is 1.96. The number of aromatic nitrogens is 4. The maximum absolute atomic E-state index is 5.58. The number of hydrogen-bond acceptors (Lipinski definition) is 5. The molecule has 5 rings (SSSR count). The maximum Gasteiger partial charge on any atom is 0.134 e. The van der Waals surface area contributed by atoms with E-state index in [1.807, 2.05) is 49.1 Å². The van der Waals surface area contributed by atoms with Crippen LogP contribution >= 0.6 is 0 Å². The summed E-state index contributed by atoms with van der Waals surface area (Å²) >= 11 is 0. The smallest absolute Gasteiger partial charge is 0.134 e. The van der Waals surface area contributed by atoms with E-state index in [0.717, 1.165) is 50.7 Å². The molecule has 0 aliphatic carbocycles. The van der Waals surface area contributed by atoms with Crippen molar-refractivity contribution < 1.29 is 4.42 Å². The Morgan fingerprint density at radius 2 is 1.84 bits per heavy atom. The molecule has 2 aromatic carbocycles. The molecule has 3 heterocycles. The molecule has 0 fully saturated rings. The molecule has 1 atom stereocenters. The van der Waals surface area contributed by atoms with E-state index < -0.39 is 0 Å². The van der Waals surface area contributed by atoms with Crippen molar-refractivity contribution in [2.45, 2.75) is 26.8 Å². The lowest BCUT2D eigenvalue weighted by molar-refractivity contribution is 0.613. The third-order valence-electron chi connectivity index (χ3n) is 5.77. The lowest BCUT2D eigenvalue weighted by Gasteiger charge is -2.17. The zero-order chi connectivity index (χ0) is 22.2. The molecule has 0 aliphatic rings. The Kier molecular flexibility index (Phi) is 4.98. The van der Waals surface area contributed by atoms with Gasteiger partial charge in [0, 0.05) is 41.9 Å². The van der Waals surface area contributed by atoms with E-state index >= 15 is 0 Å². The summed E-state index contributed by atoms with van der Waals surface area (Å²) in [4.78, 5) is 9.30. The molecule has 0 saturated carbocycles. The Morgan fingerprint density at radius 1 is 0.969 bits per heavy atom. The largest absolute Gasteiger partial charge is 0.464 e. The molecular formula is C26H25N5O. The van der Waals surface area contributed by atoms with E-state index in [0.29, 0.717) is 0 Å². The van der Waals surface area contributed by atoms with Gasteiger partial charge in [-0.3, -0.25) is 4.68 Å². The summed E-state index contributed by atoms with van der Waals surface area (Å²) in [5.74, 6) is 1.53. The average Bonchev–Trinajstić information content (AvgIpc) is 3.38. The van der Waals surface area contributed by atoms with Crippen LogP contribution in [0.5, 0.6) is 0 Å². The van der Waals surface area contributed by atoms with Gasteiger partial charge in [-0.2, -0.15) is 5.10 Å². The van der Waals surface area contributed by atoms with Crippen molar-refractivity contribution in [2.24, 2.45) is 7.05 Å². The molecule has 0 aliphatic heterocycles. The molecule has 0 spiro atoms. The molecule has 6 heteroatoms. The van der Waals surface area contributed by atoms with Crippen LogP contribution < -0.4 is 5.32 Å². The summed E-state index contributed by atoms with van der Waals surface area (Å²) in [5, 5.41) is 8.94. The first-order valence-electron chi connectivity index (χ1n) is 10.7. The van der Waals surface area contributed by atoms with Gasteiger partial charge in [-0.05, 0) is 62.2 Å². The normalized spacial score (nSPS) is 12.2. The van der Waals surface area contributed by atoms with Gasteiger partial charge < -0.3 is 9.73 Å². The van der Waals surface area contributed by atoms with Crippen molar-refractivity contribution in [3.05, 3.63) is 84.0 Å². The zero-order valence-electron chi connectivity index (χ0n) is 18.6. The molecule has 3 aromatic heterocycles. The van der Waals surface area contributed by atoms with Crippen molar-refractivity contribution in [2.75, 3.05) is 5.32 Å². The molecule has 1 unspecified atom stereocenters. The predicted molar refractivity (Wildman–Crippen MR) is 127 cm³/mol. The molecular weight excluding hydrogens is 398 g/mol. The second-order valence-electron chi connectivity index (χ2n) is 8.15. The van der Waals surface area contributed by atoms with Gasteiger partial charge in [-0.15, -0.1) is 0 Å². The summed E-state index contributed by atoms with van der Waals surface area (Å²) in [6.45, 7) is 6.11. The first kappa shape index (κ1) is 20.0. The van der Waals surface area contributed by atoms with Gasteiger partial charge in [0.25, 0.3) is 0 Å². The van der Waals surface area contributed by atoms with Crippen molar-refractivity contribution in [1.29, 1.82) is 0 Å². The number of anilines is 1. The minimum Gasteiger partial charge on any atom is -0.464 e. The van der Waals surface area contributed by atoms with Crippen LogP contribution in [0.15, 0.2) is 71.5 Å². The highest BCUT2D eigenvalue weighted by Gasteiger charge is 2.12. The summed E-state index contributed by atoms with van der Waals surface area (Å²) in [5.41, 5.74) is 7.34. The molecule has 1 N–H and O–H groups in total. The standard InChI is InChI=1S/C26H25N5O/c1-16-15-32-25-9-8-20(13-22(16)25)23-14-26(30-18(3)29-23)28-17(2)19-6-5-7-21(12-19)24-10-11-27-31(24)4/h5-15,17H,1-4H3,(H,28,29,30). The van der Waals surface area contributed by atoms with Gasteiger partial charge in [0.2, 0.25) is 0 Å². The minimum atomic E-state index is 0.0731. The number of nitrogens with zero attached hydrogens (tertiary/aromatic N) is 4. The number of rotatable bonds is 5. The molecule has 6 nitrogen and oxygen atoms in total. The van der Waals surface area contributed by atoms with Gasteiger partial charge in [0.1, 0.15) is 17.2 Å². The van der Waals surface area contributed by atoms with Gasteiger partial charge in [0.05, 0.1) is 17.7 Å². The number of nitrogens with one attached hydrogen (secondary N) is 1. The van der Waals surface area contributed by atoms with Crippen LogP contribution in [0.4, 0.5) is 5.82 Å². The number of fused-ring (bicyclic) bond motifs is 1. The second kappa shape index (κ2) is 7.96. The van der Waals surface area contributed by atoms with Gasteiger partial charge >= 0.3 is 0 Å². The third-order valence-corrected chi connectivity index (χ3v) is 5.77. The van der Waals surface area contributed by atoms with Crippen molar-refractivity contribution in [1.82, 2.24) is 19.7 Å². The van der Waals surface area contributed by atoms with Crippen LogP contribution in [0.25, 0.3) is 33.5 Å². The van der Waals surface area contributed by atoms with Crippen LogP contribution in [-0.2, 0) is 7.05 Å². The first-order valence-corrected chi connectivity index (χ1v) is 10.7. The molecule has 0 bridgehead atoms. The fraction of sp³-hybridized carbons (Fsp3) is 0.192. The molecule has 0 amide bonds. The fourth-order valence-corrected chi connectivity index (χ4v) is 4.03. The summed E-state index contributed by atoms with van der Waals surface area (Å²) in [6.07, 6.45) is 3.60. The van der Waals surface area contributed by atoms with Gasteiger partial charge in [0.15, 0.2) is 0 Å². The topological polar surface area (TPSA) is 68.8 Å². The van der Waals surface area contributed by atoms with Crippen LogP contribution in [0, 0.1) is 13.8 Å². The molecule has 32 heavy (non-hydrogen) atoms. The summed E-state index contributed by atoms with van der Waals surface area (Å²) in [6, 6.07) is 18.8. The van der Waals surface area contributed by atoms with E-state index in [9.17, 15) is 0 Å². The Hall–Kier alpha value is -3.93. The van der Waals surface area contributed by atoms with Gasteiger partial charge in [-0.1, -0.05) is 18.2 Å². The van der Waals surface area contributed by atoms with E-state index in [-0.39, 0.29) is 6.04 Å². The Morgan fingerprint density at radius 3 is 2.66 bits per heavy atom. The first-order chi connectivity index (χ1) is 15.5. The van der Waals surface area contributed by atoms with Crippen molar-refractivity contribution in [3.8, 4) is 22.5 Å².